The van der Waals surface area contributed by atoms with Crippen LogP contribution in [0.1, 0.15) is 77.3 Å². The summed E-state index contributed by atoms with van der Waals surface area (Å²) in [4.78, 5) is 28.8. The average molecular weight is 647 g/mol. The van der Waals surface area contributed by atoms with Gasteiger partial charge in [0.15, 0.2) is 5.69 Å². The predicted molar refractivity (Wildman–Crippen MR) is 172 cm³/mol. The van der Waals surface area contributed by atoms with Crippen molar-refractivity contribution >= 4 is 17.4 Å². The molecule has 2 fully saturated rings. The fourth-order valence-electron chi connectivity index (χ4n) is 8.29. The Morgan fingerprint density at radius 1 is 1.19 bits per heavy atom. The first-order valence-corrected chi connectivity index (χ1v) is 16.7. The van der Waals surface area contributed by atoms with Gasteiger partial charge in [-0.05, 0) is 62.1 Å². The van der Waals surface area contributed by atoms with E-state index in [-0.39, 0.29) is 24.2 Å². The lowest BCUT2D eigenvalue weighted by atomic mass is 9.80. The highest BCUT2D eigenvalue weighted by Gasteiger charge is 2.50. The number of fused-ring (bicyclic) bond motifs is 5. The number of amides is 1. The molecule has 2 unspecified atom stereocenters. The van der Waals surface area contributed by atoms with Gasteiger partial charge < -0.3 is 29.7 Å². The molecule has 0 radical (unpaired) electrons. The van der Waals surface area contributed by atoms with Crippen LogP contribution >= 0.6 is 0 Å². The smallest absolute Gasteiger partial charge is 0.318 e. The van der Waals surface area contributed by atoms with E-state index in [2.05, 4.69) is 14.9 Å². The molecule has 250 valence electrons. The van der Waals surface area contributed by atoms with Gasteiger partial charge in [-0.1, -0.05) is 6.07 Å². The van der Waals surface area contributed by atoms with Crippen LogP contribution in [0.25, 0.3) is 0 Å². The number of alkyl halides is 1. The molecule has 12 nitrogen and oxygen atoms in total. The lowest BCUT2D eigenvalue weighted by Gasteiger charge is -2.44. The molecule has 2 saturated heterocycles. The van der Waals surface area contributed by atoms with Gasteiger partial charge in [-0.2, -0.15) is 15.1 Å². The highest BCUT2D eigenvalue weighted by molar-refractivity contribution is 5.92. The number of nitrogens with zero attached hydrogens (tertiary/aromatic N) is 7. The number of nitrogens with two attached hydrogens (primary N) is 1. The molecule has 1 spiro atoms. The van der Waals surface area contributed by atoms with Crippen molar-refractivity contribution in [2.45, 2.75) is 82.1 Å². The van der Waals surface area contributed by atoms with Crippen LogP contribution in [0.4, 0.5) is 15.9 Å². The maximum absolute atomic E-state index is 14.6. The summed E-state index contributed by atoms with van der Waals surface area (Å²) < 4.78 is 36.0. The summed E-state index contributed by atoms with van der Waals surface area (Å²) in [5.74, 6) is 0.627. The van der Waals surface area contributed by atoms with Gasteiger partial charge in [0.2, 0.25) is 0 Å². The molecule has 2 N–H and O–H groups in total. The highest BCUT2D eigenvalue weighted by Crippen LogP contribution is 2.46. The Morgan fingerprint density at radius 2 is 2.06 bits per heavy atom. The first kappa shape index (κ1) is 30.5. The van der Waals surface area contributed by atoms with E-state index in [4.69, 9.17) is 29.9 Å². The first-order chi connectivity index (χ1) is 22.6. The molecule has 4 atom stereocenters. The summed E-state index contributed by atoms with van der Waals surface area (Å²) in [6.45, 7) is 6.34. The lowest BCUT2D eigenvalue weighted by Crippen LogP contribution is -2.45. The maximum atomic E-state index is 14.6. The van der Waals surface area contributed by atoms with Crippen LogP contribution in [0.2, 0.25) is 0 Å². The van der Waals surface area contributed by atoms with Gasteiger partial charge in [-0.3, -0.25) is 14.4 Å². The number of rotatable bonds is 5. The molecule has 8 rings (SSSR count). The number of aromatic nitrogens is 4. The summed E-state index contributed by atoms with van der Waals surface area (Å²) in [6, 6.07) is 8.10. The molecule has 0 bridgehead atoms. The largest absolute Gasteiger partial charge is 0.461 e. The summed E-state index contributed by atoms with van der Waals surface area (Å²) in [6.07, 6.45) is 2.77. The van der Waals surface area contributed by atoms with E-state index in [9.17, 15) is 9.18 Å². The Morgan fingerprint density at radius 3 is 2.91 bits per heavy atom. The molecular formula is C34H43FN8O4. The zero-order valence-electron chi connectivity index (χ0n) is 27.4. The molecular weight excluding hydrogens is 603 g/mol. The molecule has 5 aliphatic rings. The first-order valence-electron chi connectivity index (χ1n) is 16.7. The van der Waals surface area contributed by atoms with E-state index in [0.717, 1.165) is 66.2 Å². The molecule has 1 amide bonds. The van der Waals surface area contributed by atoms with Crippen molar-refractivity contribution in [3.05, 3.63) is 58.0 Å². The number of hydrogen-bond acceptors (Lipinski definition) is 10. The summed E-state index contributed by atoms with van der Waals surface area (Å²) in [5, 5.41) is 4.62. The molecule has 5 aliphatic heterocycles. The Labute approximate surface area is 274 Å². The fourth-order valence-corrected chi connectivity index (χ4v) is 8.29. The van der Waals surface area contributed by atoms with Gasteiger partial charge in [0.25, 0.3) is 5.91 Å². The Kier molecular flexibility index (Phi) is 7.41. The molecule has 7 heterocycles. The predicted octanol–water partition coefficient (Wildman–Crippen LogP) is 3.38. The number of carbonyl (C=O) groups excluding carboxylic acids is 1. The van der Waals surface area contributed by atoms with Crippen LogP contribution < -0.4 is 15.4 Å². The number of benzene rings is 1. The van der Waals surface area contributed by atoms with Crippen molar-refractivity contribution in [3.63, 3.8) is 0 Å². The van der Waals surface area contributed by atoms with Crippen molar-refractivity contribution in [2.75, 3.05) is 57.6 Å². The van der Waals surface area contributed by atoms with Crippen molar-refractivity contribution in [2.24, 2.45) is 0 Å². The van der Waals surface area contributed by atoms with Gasteiger partial charge in [-0.25, -0.2) is 4.39 Å². The van der Waals surface area contributed by atoms with Gasteiger partial charge in [0.05, 0.1) is 42.8 Å². The fraction of sp³-hybridized carbons (Fsp3) is 0.588. The zero-order valence-corrected chi connectivity index (χ0v) is 27.4. The van der Waals surface area contributed by atoms with E-state index in [1.165, 1.54) is 0 Å². The SMILES string of the molecule is CC1OCC2(Cc3nc(OC[C@@]45CCCN4C[C@H](F)C5)nc(N4CCCn5nc(C(=O)N(C)C)cc5C4)c3CO2)c2cc(N)ccc21. The van der Waals surface area contributed by atoms with Crippen LogP contribution in [-0.4, -0.2) is 94.1 Å². The van der Waals surface area contributed by atoms with E-state index < -0.39 is 11.8 Å². The van der Waals surface area contributed by atoms with Crippen molar-refractivity contribution in [1.29, 1.82) is 0 Å². The third-order valence-corrected chi connectivity index (χ3v) is 10.7. The van der Waals surface area contributed by atoms with Crippen LogP contribution in [0.3, 0.4) is 0 Å². The van der Waals surface area contributed by atoms with Crippen molar-refractivity contribution in [3.8, 4) is 6.01 Å². The quantitative estimate of drug-likeness (QED) is 0.413. The topological polar surface area (TPSA) is 124 Å². The summed E-state index contributed by atoms with van der Waals surface area (Å²) in [5.41, 5.74) is 11.1. The van der Waals surface area contributed by atoms with Gasteiger partial charge >= 0.3 is 6.01 Å². The second-order valence-corrected chi connectivity index (χ2v) is 14.1. The van der Waals surface area contributed by atoms with Crippen molar-refractivity contribution < 1.29 is 23.4 Å². The van der Waals surface area contributed by atoms with Gasteiger partial charge in [-0.15, -0.1) is 0 Å². The van der Waals surface area contributed by atoms with Gasteiger partial charge in [0.1, 0.15) is 24.2 Å². The Hall–Kier alpha value is -3.81. The van der Waals surface area contributed by atoms with E-state index in [1.54, 1.807) is 19.0 Å². The number of anilines is 2. The number of halogens is 1. The normalized spacial score (nSPS) is 28.4. The number of aryl methyl sites for hydroxylation is 1. The molecule has 47 heavy (non-hydrogen) atoms. The molecule has 0 saturated carbocycles. The summed E-state index contributed by atoms with van der Waals surface area (Å²) >= 11 is 0. The minimum Gasteiger partial charge on any atom is -0.461 e. The van der Waals surface area contributed by atoms with Gasteiger partial charge in [0, 0.05) is 57.8 Å². The second kappa shape index (κ2) is 11.4. The third-order valence-electron chi connectivity index (χ3n) is 10.7. The third kappa shape index (κ3) is 5.23. The zero-order chi connectivity index (χ0) is 32.5. The lowest BCUT2D eigenvalue weighted by molar-refractivity contribution is -0.148. The molecule has 2 aromatic heterocycles. The highest BCUT2D eigenvalue weighted by atomic mass is 19.1. The maximum Gasteiger partial charge on any atom is 0.318 e. The standard InChI is InChI=1S/C34H43FN8O4/c1-21-25-7-6-23(36)12-27(25)34(20-45-21)15-29-26(18-47-34)30(38-32(37-29)46-19-33-8-4-10-42(33)16-22(35)14-33)41-9-5-11-43-24(17-41)13-28(39-43)31(44)40(2)3/h6-7,12-13,21-22H,4-5,8-11,14-20,36H2,1-3H3/t21?,22-,33+,34?/m1/s1. The van der Waals surface area contributed by atoms with E-state index >= 15 is 0 Å². The number of ether oxygens (including phenoxy) is 3. The summed E-state index contributed by atoms with van der Waals surface area (Å²) in [7, 11) is 3.46. The minimum absolute atomic E-state index is 0.0772. The van der Waals surface area contributed by atoms with E-state index in [0.29, 0.717) is 63.1 Å². The Balaban J connectivity index is 1.17. The number of carbonyl (C=O) groups is 1. The van der Waals surface area contributed by atoms with Crippen LogP contribution in [0, 0.1) is 0 Å². The van der Waals surface area contributed by atoms with Crippen LogP contribution in [0.5, 0.6) is 6.01 Å². The van der Waals surface area contributed by atoms with Crippen molar-refractivity contribution in [1.82, 2.24) is 29.5 Å². The average Bonchev–Trinajstić information content (AvgIpc) is 3.68. The molecule has 1 aromatic carbocycles. The molecule has 0 aliphatic carbocycles. The number of hydrogen-bond donors (Lipinski definition) is 1. The van der Waals surface area contributed by atoms with Crippen LogP contribution in [0.15, 0.2) is 24.3 Å². The molecule has 13 heteroatoms. The second-order valence-electron chi connectivity index (χ2n) is 14.1. The number of nitrogen functional groups attached to an aromatic ring is 1. The van der Waals surface area contributed by atoms with Crippen LogP contribution in [-0.2, 0) is 41.2 Å². The molecule has 3 aromatic rings. The minimum atomic E-state index is -0.844. The van der Waals surface area contributed by atoms with E-state index in [1.807, 2.05) is 35.9 Å². The monoisotopic (exact) mass is 646 g/mol. The Bertz CT molecular complexity index is 1720.